The van der Waals surface area contributed by atoms with Gasteiger partial charge in [-0.15, -0.1) is 0 Å². The molecule has 1 amide bonds. The van der Waals surface area contributed by atoms with Crippen LogP contribution in [0.2, 0.25) is 5.02 Å². The van der Waals surface area contributed by atoms with Crippen molar-refractivity contribution in [3.8, 4) is 0 Å². The largest absolute Gasteiger partial charge is 0.306 e. The Bertz CT molecular complexity index is 581. The van der Waals surface area contributed by atoms with Crippen LogP contribution in [0, 0.1) is 5.92 Å². The SMILES string of the molecule is CC(C)CC(=O)N(Cc1ccccn1)c1ccc(Cl)cc1. The Kier molecular flexibility index (Phi) is 5.34. The summed E-state index contributed by atoms with van der Waals surface area (Å²) in [7, 11) is 0. The predicted octanol–water partition coefficient (Wildman–Crippen LogP) is 4.31. The second kappa shape index (κ2) is 7.23. The number of halogens is 1. The Morgan fingerprint density at radius 2 is 1.90 bits per heavy atom. The van der Waals surface area contributed by atoms with Gasteiger partial charge in [0.25, 0.3) is 0 Å². The highest BCUT2D eigenvalue weighted by Gasteiger charge is 2.17. The number of anilines is 1. The van der Waals surface area contributed by atoms with Gasteiger partial charge in [0.05, 0.1) is 12.2 Å². The van der Waals surface area contributed by atoms with Gasteiger partial charge in [-0.05, 0) is 42.3 Å². The van der Waals surface area contributed by atoms with E-state index in [0.717, 1.165) is 11.4 Å². The van der Waals surface area contributed by atoms with E-state index in [4.69, 9.17) is 11.6 Å². The smallest absolute Gasteiger partial charge is 0.227 e. The third kappa shape index (κ3) is 4.57. The Morgan fingerprint density at radius 1 is 1.19 bits per heavy atom. The number of hydrogen-bond donors (Lipinski definition) is 0. The van der Waals surface area contributed by atoms with E-state index >= 15 is 0 Å². The average Bonchev–Trinajstić information content (AvgIpc) is 2.46. The van der Waals surface area contributed by atoms with Crippen molar-refractivity contribution >= 4 is 23.2 Å². The van der Waals surface area contributed by atoms with Gasteiger partial charge in [-0.1, -0.05) is 31.5 Å². The van der Waals surface area contributed by atoms with Crippen molar-refractivity contribution in [3.63, 3.8) is 0 Å². The first kappa shape index (κ1) is 15.5. The zero-order valence-corrected chi connectivity index (χ0v) is 13.0. The van der Waals surface area contributed by atoms with Crippen molar-refractivity contribution in [1.29, 1.82) is 0 Å². The second-order valence-corrected chi connectivity index (χ2v) is 5.81. The van der Waals surface area contributed by atoms with Gasteiger partial charge in [0, 0.05) is 23.3 Å². The molecule has 0 fully saturated rings. The maximum atomic E-state index is 12.5. The summed E-state index contributed by atoms with van der Waals surface area (Å²) in [5, 5.41) is 0.660. The van der Waals surface area contributed by atoms with Crippen LogP contribution in [0.4, 0.5) is 5.69 Å². The first-order valence-electron chi connectivity index (χ1n) is 7.02. The molecule has 0 unspecified atom stereocenters. The first-order valence-corrected chi connectivity index (χ1v) is 7.40. The van der Waals surface area contributed by atoms with E-state index in [1.165, 1.54) is 0 Å². The predicted molar refractivity (Wildman–Crippen MR) is 86.3 cm³/mol. The fourth-order valence-corrected chi connectivity index (χ4v) is 2.18. The Labute approximate surface area is 130 Å². The number of rotatable bonds is 5. The number of nitrogens with zero attached hydrogens (tertiary/aromatic N) is 2. The molecule has 0 spiro atoms. The van der Waals surface area contributed by atoms with E-state index < -0.39 is 0 Å². The monoisotopic (exact) mass is 302 g/mol. The van der Waals surface area contributed by atoms with Crippen LogP contribution in [0.25, 0.3) is 0 Å². The summed E-state index contributed by atoms with van der Waals surface area (Å²) in [6.45, 7) is 4.55. The molecule has 0 radical (unpaired) electrons. The minimum absolute atomic E-state index is 0.0953. The molecule has 0 aliphatic rings. The normalized spacial score (nSPS) is 10.7. The summed E-state index contributed by atoms with van der Waals surface area (Å²) in [5.74, 6) is 0.411. The molecule has 0 aliphatic heterocycles. The maximum absolute atomic E-state index is 12.5. The van der Waals surface area contributed by atoms with Crippen molar-refractivity contribution in [3.05, 3.63) is 59.4 Å². The molecular weight excluding hydrogens is 284 g/mol. The van der Waals surface area contributed by atoms with E-state index in [1.807, 2.05) is 44.2 Å². The van der Waals surface area contributed by atoms with Gasteiger partial charge >= 0.3 is 0 Å². The summed E-state index contributed by atoms with van der Waals surface area (Å²) in [4.78, 5) is 18.6. The van der Waals surface area contributed by atoms with Gasteiger partial charge in [-0.2, -0.15) is 0 Å². The van der Waals surface area contributed by atoms with Crippen molar-refractivity contribution < 1.29 is 4.79 Å². The fourth-order valence-electron chi connectivity index (χ4n) is 2.06. The molecule has 21 heavy (non-hydrogen) atoms. The van der Waals surface area contributed by atoms with Crippen LogP contribution in [0.3, 0.4) is 0 Å². The number of hydrogen-bond acceptors (Lipinski definition) is 2. The molecule has 4 heteroatoms. The Hall–Kier alpha value is -1.87. The second-order valence-electron chi connectivity index (χ2n) is 5.38. The van der Waals surface area contributed by atoms with E-state index in [1.54, 1.807) is 23.2 Å². The molecule has 0 atom stereocenters. The van der Waals surface area contributed by atoms with Gasteiger partial charge in [0.2, 0.25) is 5.91 Å². The van der Waals surface area contributed by atoms with Crippen LogP contribution >= 0.6 is 11.6 Å². The van der Waals surface area contributed by atoms with Crippen molar-refractivity contribution in [2.45, 2.75) is 26.8 Å². The minimum Gasteiger partial charge on any atom is -0.306 e. The number of carbonyl (C=O) groups excluding carboxylic acids is 1. The summed E-state index contributed by atoms with van der Waals surface area (Å²) in [6, 6.07) is 13.0. The lowest BCUT2D eigenvalue weighted by Crippen LogP contribution is -2.31. The highest BCUT2D eigenvalue weighted by atomic mass is 35.5. The summed E-state index contributed by atoms with van der Waals surface area (Å²) in [5.41, 5.74) is 1.71. The number of pyridine rings is 1. The zero-order valence-electron chi connectivity index (χ0n) is 12.3. The van der Waals surface area contributed by atoms with Crippen LogP contribution in [0.1, 0.15) is 26.0 Å². The summed E-state index contributed by atoms with van der Waals surface area (Å²) < 4.78 is 0. The van der Waals surface area contributed by atoms with Crippen molar-refractivity contribution in [2.24, 2.45) is 5.92 Å². The molecular formula is C17H19ClN2O. The van der Waals surface area contributed by atoms with E-state index in [0.29, 0.717) is 23.9 Å². The van der Waals surface area contributed by atoms with Crippen LogP contribution < -0.4 is 4.90 Å². The number of benzene rings is 1. The van der Waals surface area contributed by atoms with Gasteiger partial charge in [-0.3, -0.25) is 9.78 Å². The molecule has 2 aromatic rings. The molecule has 110 valence electrons. The lowest BCUT2D eigenvalue weighted by atomic mass is 10.1. The molecule has 2 rings (SSSR count). The number of carbonyl (C=O) groups is 1. The summed E-state index contributed by atoms with van der Waals surface area (Å²) >= 11 is 5.92. The maximum Gasteiger partial charge on any atom is 0.227 e. The lowest BCUT2D eigenvalue weighted by Gasteiger charge is -2.23. The third-order valence-corrected chi connectivity index (χ3v) is 3.32. The van der Waals surface area contributed by atoms with Gasteiger partial charge in [0.1, 0.15) is 0 Å². The molecule has 0 aliphatic carbocycles. The van der Waals surface area contributed by atoms with Gasteiger partial charge in [0.15, 0.2) is 0 Å². The van der Waals surface area contributed by atoms with Crippen LogP contribution in [-0.4, -0.2) is 10.9 Å². The van der Waals surface area contributed by atoms with Crippen molar-refractivity contribution in [1.82, 2.24) is 4.98 Å². The Balaban J connectivity index is 2.25. The minimum atomic E-state index is 0.0953. The fraction of sp³-hybridized carbons (Fsp3) is 0.294. The first-order chi connectivity index (χ1) is 10.1. The lowest BCUT2D eigenvalue weighted by molar-refractivity contribution is -0.119. The van der Waals surface area contributed by atoms with Gasteiger partial charge in [-0.25, -0.2) is 0 Å². The molecule has 1 heterocycles. The van der Waals surface area contributed by atoms with E-state index in [2.05, 4.69) is 4.98 Å². The topological polar surface area (TPSA) is 33.2 Å². The van der Waals surface area contributed by atoms with Crippen LogP contribution in [0.5, 0.6) is 0 Å². The highest BCUT2D eigenvalue weighted by molar-refractivity contribution is 6.30. The molecule has 0 N–H and O–H groups in total. The molecule has 1 aromatic carbocycles. The quantitative estimate of drug-likeness (QED) is 0.824. The molecule has 0 saturated heterocycles. The average molecular weight is 303 g/mol. The molecule has 0 bridgehead atoms. The van der Waals surface area contributed by atoms with Crippen LogP contribution in [0.15, 0.2) is 48.7 Å². The Morgan fingerprint density at radius 3 is 2.48 bits per heavy atom. The van der Waals surface area contributed by atoms with E-state index in [-0.39, 0.29) is 5.91 Å². The van der Waals surface area contributed by atoms with Crippen molar-refractivity contribution in [2.75, 3.05) is 4.90 Å². The molecule has 3 nitrogen and oxygen atoms in total. The van der Waals surface area contributed by atoms with Gasteiger partial charge < -0.3 is 4.90 Å². The summed E-state index contributed by atoms with van der Waals surface area (Å²) in [6.07, 6.45) is 2.25. The van der Waals surface area contributed by atoms with Crippen LogP contribution in [-0.2, 0) is 11.3 Å². The third-order valence-electron chi connectivity index (χ3n) is 3.07. The number of amides is 1. The standard InChI is InChI=1S/C17H19ClN2O/c1-13(2)11-17(21)20(12-15-5-3-4-10-19-15)16-8-6-14(18)7-9-16/h3-10,13H,11-12H2,1-2H3. The van der Waals surface area contributed by atoms with E-state index in [9.17, 15) is 4.79 Å². The zero-order chi connectivity index (χ0) is 15.2. The molecule has 0 saturated carbocycles. The molecule has 1 aromatic heterocycles. The highest BCUT2D eigenvalue weighted by Crippen LogP contribution is 2.21. The number of aromatic nitrogens is 1.